The molecule has 1 saturated carbocycles. The largest absolute Gasteiger partial charge is 0.454 e. The van der Waals surface area contributed by atoms with Crippen LogP contribution in [-0.2, 0) is 0 Å². The molecule has 2 amide bonds. The molecule has 0 radical (unpaired) electrons. The Morgan fingerprint density at radius 1 is 1.35 bits per heavy atom. The van der Waals surface area contributed by atoms with Gasteiger partial charge in [-0.25, -0.2) is 4.79 Å². The summed E-state index contributed by atoms with van der Waals surface area (Å²) in [7, 11) is 0. The van der Waals surface area contributed by atoms with Crippen LogP contribution in [-0.4, -0.2) is 19.4 Å². The first-order chi connectivity index (χ1) is 8.33. The van der Waals surface area contributed by atoms with Crippen molar-refractivity contribution in [2.75, 3.05) is 18.7 Å². The zero-order valence-electron chi connectivity index (χ0n) is 9.36. The summed E-state index contributed by atoms with van der Waals surface area (Å²) in [4.78, 5) is 11.6. The van der Waals surface area contributed by atoms with Crippen molar-refractivity contribution in [3.05, 3.63) is 18.2 Å². The van der Waals surface area contributed by atoms with Crippen LogP contribution < -0.4 is 20.1 Å². The third-order valence-electron chi connectivity index (χ3n) is 2.89. The molecule has 5 nitrogen and oxygen atoms in total. The summed E-state index contributed by atoms with van der Waals surface area (Å²) in [5, 5.41) is 5.61. The van der Waals surface area contributed by atoms with E-state index in [1.807, 2.05) is 12.1 Å². The molecule has 0 unspecified atom stereocenters. The summed E-state index contributed by atoms with van der Waals surface area (Å²) in [6.07, 6.45) is 2.44. The maximum atomic E-state index is 11.6. The first kappa shape index (κ1) is 10.3. The lowest BCUT2D eigenvalue weighted by Gasteiger charge is -2.09. The Morgan fingerprint density at radius 3 is 3.06 bits per heavy atom. The van der Waals surface area contributed by atoms with Crippen LogP contribution >= 0.6 is 0 Å². The summed E-state index contributed by atoms with van der Waals surface area (Å²) in [6.45, 7) is 0.954. The number of ether oxygens (including phenoxy) is 2. The number of urea groups is 1. The van der Waals surface area contributed by atoms with Gasteiger partial charge in [0.2, 0.25) is 6.79 Å². The highest BCUT2D eigenvalue weighted by atomic mass is 16.7. The predicted molar refractivity (Wildman–Crippen MR) is 62.3 cm³/mol. The van der Waals surface area contributed by atoms with E-state index in [9.17, 15) is 4.79 Å². The van der Waals surface area contributed by atoms with E-state index in [-0.39, 0.29) is 12.8 Å². The van der Waals surface area contributed by atoms with E-state index in [2.05, 4.69) is 10.6 Å². The number of benzene rings is 1. The lowest BCUT2D eigenvalue weighted by atomic mass is 10.2. The monoisotopic (exact) mass is 234 g/mol. The van der Waals surface area contributed by atoms with E-state index < -0.39 is 0 Å². The minimum Gasteiger partial charge on any atom is -0.454 e. The van der Waals surface area contributed by atoms with Gasteiger partial charge in [-0.15, -0.1) is 0 Å². The SMILES string of the molecule is O=C(NCC1CC1)Nc1cccc2c1OCO2. The molecule has 1 aliphatic carbocycles. The number of nitrogens with one attached hydrogen (secondary N) is 2. The molecule has 1 aromatic carbocycles. The Balaban J connectivity index is 1.63. The van der Waals surface area contributed by atoms with Crippen LogP contribution in [0, 0.1) is 5.92 Å². The standard InChI is InChI=1S/C12H14N2O3/c15-12(13-6-8-4-5-8)14-9-2-1-3-10-11(9)17-7-16-10/h1-3,8H,4-7H2,(H2,13,14,15). The molecule has 1 heterocycles. The first-order valence-electron chi connectivity index (χ1n) is 5.76. The summed E-state index contributed by atoms with van der Waals surface area (Å²) >= 11 is 0. The Bertz CT molecular complexity index is 443. The molecule has 3 rings (SSSR count). The third kappa shape index (κ3) is 2.27. The van der Waals surface area contributed by atoms with E-state index in [4.69, 9.17) is 9.47 Å². The molecule has 0 saturated heterocycles. The van der Waals surface area contributed by atoms with E-state index in [1.54, 1.807) is 6.07 Å². The van der Waals surface area contributed by atoms with Crippen LogP contribution in [0.4, 0.5) is 10.5 Å². The van der Waals surface area contributed by atoms with Gasteiger partial charge in [0.05, 0.1) is 5.69 Å². The van der Waals surface area contributed by atoms with Crippen molar-refractivity contribution < 1.29 is 14.3 Å². The molecule has 1 aliphatic heterocycles. The molecular formula is C12H14N2O3. The van der Waals surface area contributed by atoms with Crippen LogP contribution in [0.3, 0.4) is 0 Å². The van der Waals surface area contributed by atoms with Crippen LogP contribution in [0.15, 0.2) is 18.2 Å². The van der Waals surface area contributed by atoms with Crippen molar-refractivity contribution in [2.45, 2.75) is 12.8 Å². The fourth-order valence-electron chi connectivity index (χ4n) is 1.75. The highest BCUT2D eigenvalue weighted by Gasteiger charge is 2.22. The second-order valence-corrected chi connectivity index (χ2v) is 4.32. The number of carbonyl (C=O) groups excluding carboxylic acids is 1. The molecular weight excluding hydrogens is 220 g/mol. The Kier molecular flexibility index (Phi) is 2.51. The van der Waals surface area contributed by atoms with E-state index in [1.165, 1.54) is 12.8 Å². The summed E-state index contributed by atoms with van der Waals surface area (Å²) in [5.74, 6) is 1.95. The van der Waals surface area contributed by atoms with Gasteiger partial charge in [0.25, 0.3) is 0 Å². The van der Waals surface area contributed by atoms with E-state index in [0.717, 1.165) is 6.54 Å². The van der Waals surface area contributed by atoms with Crippen molar-refractivity contribution in [3.63, 3.8) is 0 Å². The minimum atomic E-state index is -0.194. The number of amides is 2. The normalized spacial score (nSPS) is 16.7. The average Bonchev–Trinajstić information content (AvgIpc) is 3.03. The second-order valence-electron chi connectivity index (χ2n) is 4.32. The molecule has 90 valence electrons. The molecule has 2 N–H and O–H groups in total. The maximum absolute atomic E-state index is 11.6. The zero-order valence-corrected chi connectivity index (χ0v) is 9.36. The number of hydrogen-bond donors (Lipinski definition) is 2. The predicted octanol–water partition coefficient (Wildman–Crippen LogP) is 1.95. The summed E-state index contributed by atoms with van der Waals surface area (Å²) < 4.78 is 10.5. The molecule has 17 heavy (non-hydrogen) atoms. The molecule has 0 atom stereocenters. The second kappa shape index (κ2) is 4.16. The van der Waals surface area contributed by atoms with Crippen LogP contribution in [0.25, 0.3) is 0 Å². The Labute approximate surface area is 99.1 Å². The molecule has 0 aromatic heterocycles. The molecule has 5 heteroatoms. The smallest absolute Gasteiger partial charge is 0.319 e. The van der Waals surface area contributed by atoms with Crippen molar-refractivity contribution in [2.24, 2.45) is 5.92 Å². The van der Waals surface area contributed by atoms with Gasteiger partial charge < -0.3 is 20.1 Å². The van der Waals surface area contributed by atoms with Gasteiger partial charge in [0, 0.05) is 6.54 Å². The summed E-state index contributed by atoms with van der Waals surface area (Å²) in [6, 6.07) is 5.24. The maximum Gasteiger partial charge on any atom is 0.319 e. The highest BCUT2D eigenvalue weighted by molar-refractivity contribution is 5.91. The van der Waals surface area contributed by atoms with E-state index in [0.29, 0.717) is 23.1 Å². The lowest BCUT2D eigenvalue weighted by Crippen LogP contribution is -2.30. The van der Waals surface area contributed by atoms with Gasteiger partial charge >= 0.3 is 6.03 Å². The molecule has 1 fully saturated rings. The molecule has 2 aliphatic rings. The van der Waals surface area contributed by atoms with Crippen molar-refractivity contribution in [3.8, 4) is 11.5 Å². The number of rotatable bonds is 3. The first-order valence-corrected chi connectivity index (χ1v) is 5.76. The quantitative estimate of drug-likeness (QED) is 0.840. The lowest BCUT2D eigenvalue weighted by molar-refractivity contribution is 0.174. The number of hydrogen-bond acceptors (Lipinski definition) is 3. The van der Waals surface area contributed by atoms with Crippen LogP contribution in [0.1, 0.15) is 12.8 Å². The van der Waals surface area contributed by atoms with Crippen LogP contribution in [0.5, 0.6) is 11.5 Å². The van der Waals surface area contributed by atoms with Gasteiger partial charge in [0.15, 0.2) is 11.5 Å². The number of fused-ring (bicyclic) bond motifs is 1. The minimum absolute atomic E-state index is 0.194. The number of para-hydroxylation sites is 1. The third-order valence-corrected chi connectivity index (χ3v) is 2.89. The van der Waals surface area contributed by atoms with Crippen molar-refractivity contribution >= 4 is 11.7 Å². The Hall–Kier alpha value is -1.91. The van der Waals surface area contributed by atoms with Gasteiger partial charge in [-0.2, -0.15) is 0 Å². The molecule has 0 bridgehead atoms. The molecule has 1 aromatic rings. The van der Waals surface area contributed by atoms with Crippen molar-refractivity contribution in [1.82, 2.24) is 5.32 Å². The number of anilines is 1. The fraction of sp³-hybridized carbons (Fsp3) is 0.417. The average molecular weight is 234 g/mol. The van der Waals surface area contributed by atoms with Crippen LogP contribution in [0.2, 0.25) is 0 Å². The summed E-state index contributed by atoms with van der Waals surface area (Å²) in [5.41, 5.74) is 0.647. The topological polar surface area (TPSA) is 59.6 Å². The van der Waals surface area contributed by atoms with Gasteiger partial charge in [0.1, 0.15) is 0 Å². The van der Waals surface area contributed by atoms with Gasteiger partial charge in [-0.3, -0.25) is 0 Å². The van der Waals surface area contributed by atoms with Crippen molar-refractivity contribution in [1.29, 1.82) is 0 Å². The number of carbonyl (C=O) groups is 1. The van der Waals surface area contributed by atoms with Gasteiger partial charge in [-0.05, 0) is 30.9 Å². The fourth-order valence-corrected chi connectivity index (χ4v) is 1.75. The zero-order chi connectivity index (χ0) is 11.7. The van der Waals surface area contributed by atoms with Gasteiger partial charge in [-0.1, -0.05) is 6.07 Å². The highest BCUT2D eigenvalue weighted by Crippen LogP contribution is 2.38. The molecule has 0 spiro atoms. The Morgan fingerprint density at radius 2 is 2.24 bits per heavy atom. The van der Waals surface area contributed by atoms with E-state index >= 15 is 0 Å².